The number of hydrogen-bond donors (Lipinski definition) is 1. The van der Waals surface area contributed by atoms with Crippen LogP contribution in [-0.2, 0) is 6.18 Å². The second-order valence-electron chi connectivity index (χ2n) is 2.12. The molecule has 0 amide bonds. The highest BCUT2D eigenvalue weighted by molar-refractivity contribution is 7.16. The van der Waals surface area contributed by atoms with Gasteiger partial charge >= 0.3 is 6.18 Å². The Morgan fingerprint density at radius 1 is 1.45 bits per heavy atom. The molecule has 2 N–H and O–H groups in total. The zero-order chi connectivity index (χ0) is 8.65. The minimum Gasteiger partial charge on any atom is -0.391 e. The smallest absolute Gasteiger partial charge is 0.391 e. The Bertz CT molecular complexity index is 263. The van der Waals surface area contributed by atoms with Crippen LogP contribution in [0.2, 0.25) is 0 Å². The van der Waals surface area contributed by atoms with Crippen LogP contribution in [0.1, 0.15) is 10.4 Å². The van der Waals surface area contributed by atoms with Crippen molar-refractivity contribution in [1.29, 1.82) is 0 Å². The molecule has 0 aliphatic carbocycles. The Morgan fingerprint density at radius 3 is 2.18 bits per heavy atom. The van der Waals surface area contributed by atoms with Gasteiger partial charge in [-0.1, -0.05) is 0 Å². The molecule has 0 fully saturated rings. The van der Waals surface area contributed by atoms with E-state index in [2.05, 4.69) is 0 Å². The zero-order valence-corrected chi connectivity index (χ0v) is 6.51. The molecule has 0 saturated carbocycles. The van der Waals surface area contributed by atoms with E-state index in [0.29, 0.717) is 0 Å². The van der Waals surface area contributed by atoms with Crippen molar-refractivity contribution in [3.05, 3.63) is 16.5 Å². The van der Waals surface area contributed by atoms with Gasteiger partial charge in [-0.25, -0.2) is 0 Å². The lowest BCUT2D eigenvalue weighted by Gasteiger charge is -2.03. The van der Waals surface area contributed by atoms with Gasteiger partial charge in [0.2, 0.25) is 0 Å². The molecule has 0 bridgehead atoms. The van der Waals surface area contributed by atoms with Gasteiger partial charge in [0, 0.05) is 4.88 Å². The molecule has 1 aromatic heterocycles. The molecular weight excluding hydrogens is 175 g/mol. The number of anilines is 1. The van der Waals surface area contributed by atoms with E-state index in [-0.39, 0.29) is 9.88 Å². The van der Waals surface area contributed by atoms with Crippen molar-refractivity contribution in [2.24, 2.45) is 0 Å². The van der Waals surface area contributed by atoms with Crippen LogP contribution in [0.25, 0.3) is 0 Å². The summed E-state index contributed by atoms with van der Waals surface area (Å²) >= 11 is 0.954. The number of nitrogens with two attached hydrogens (primary N) is 1. The van der Waals surface area contributed by atoms with E-state index >= 15 is 0 Å². The van der Waals surface area contributed by atoms with E-state index in [0.717, 1.165) is 17.4 Å². The highest BCUT2D eigenvalue weighted by Crippen LogP contribution is 2.37. The molecule has 0 aliphatic heterocycles. The van der Waals surface area contributed by atoms with Gasteiger partial charge in [-0.3, -0.25) is 0 Å². The summed E-state index contributed by atoms with van der Waals surface area (Å²) in [6.45, 7) is 1.41. The summed E-state index contributed by atoms with van der Waals surface area (Å²) in [6, 6.07) is 0.958. The van der Waals surface area contributed by atoms with Crippen molar-refractivity contribution in [2.75, 3.05) is 5.73 Å². The summed E-state index contributed by atoms with van der Waals surface area (Å²) in [6.07, 6.45) is -4.27. The lowest BCUT2D eigenvalue weighted by Crippen LogP contribution is -2.04. The average molecular weight is 181 g/mol. The van der Waals surface area contributed by atoms with E-state index in [1.54, 1.807) is 0 Å². The normalized spacial score (nSPS) is 12.0. The van der Waals surface area contributed by atoms with E-state index < -0.39 is 11.7 Å². The molecule has 5 heteroatoms. The SMILES string of the molecule is Cc1sc(N)cc1C(F)(F)F. The van der Waals surface area contributed by atoms with Crippen LogP contribution in [-0.4, -0.2) is 0 Å². The fourth-order valence-corrected chi connectivity index (χ4v) is 1.60. The molecule has 0 unspecified atom stereocenters. The largest absolute Gasteiger partial charge is 0.417 e. The minimum atomic E-state index is -4.27. The fraction of sp³-hybridized carbons (Fsp3) is 0.333. The van der Waals surface area contributed by atoms with E-state index in [1.165, 1.54) is 6.92 Å². The monoisotopic (exact) mass is 181 g/mol. The summed E-state index contributed by atoms with van der Waals surface area (Å²) in [4.78, 5) is 0.218. The maximum atomic E-state index is 12.0. The highest BCUT2D eigenvalue weighted by Gasteiger charge is 2.33. The Morgan fingerprint density at radius 2 is 2.00 bits per heavy atom. The number of thiophene rings is 1. The standard InChI is InChI=1S/C6H6F3NS/c1-3-4(6(7,8)9)2-5(10)11-3/h2H,10H2,1H3. The van der Waals surface area contributed by atoms with E-state index in [4.69, 9.17) is 5.73 Å². The second-order valence-corrected chi connectivity index (χ2v) is 3.40. The third-order valence-electron chi connectivity index (χ3n) is 1.24. The summed E-state index contributed by atoms with van der Waals surface area (Å²) < 4.78 is 36.0. The van der Waals surface area contributed by atoms with Crippen LogP contribution < -0.4 is 5.73 Å². The fourth-order valence-electron chi connectivity index (χ4n) is 0.787. The molecule has 0 aliphatic rings. The maximum Gasteiger partial charge on any atom is 0.417 e. The first-order valence-electron chi connectivity index (χ1n) is 2.84. The summed E-state index contributed by atoms with van der Waals surface area (Å²) in [5, 5.41) is 0.204. The molecule has 62 valence electrons. The molecule has 0 radical (unpaired) electrons. The number of nitrogen functional groups attached to an aromatic ring is 1. The van der Waals surface area contributed by atoms with Crippen molar-refractivity contribution < 1.29 is 13.2 Å². The molecular formula is C6H6F3NS. The van der Waals surface area contributed by atoms with Crippen molar-refractivity contribution in [3.8, 4) is 0 Å². The number of halogens is 3. The maximum absolute atomic E-state index is 12.0. The van der Waals surface area contributed by atoms with Crippen molar-refractivity contribution in [3.63, 3.8) is 0 Å². The quantitative estimate of drug-likeness (QED) is 0.654. The summed E-state index contributed by atoms with van der Waals surface area (Å²) in [5.41, 5.74) is 4.57. The Balaban J connectivity index is 3.13. The Hall–Kier alpha value is -0.710. The minimum absolute atomic E-state index is 0.204. The molecule has 0 spiro atoms. The zero-order valence-electron chi connectivity index (χ0n) is 5.70. The van der Waals surface area contributed by atoms with Gasteiger partial charge in [-0.2, -0.15) is 13.2 Å². The van der Waals surface area contributed by atoms with Crippen LogP contribution in [0.5, 0.6) is 0 Å². The summed E-state index contributed by atoms with van der Waals surface area (Å²) in [7, 11) is 0. The van der Waals surface area contributed by atoms with Crippen molar-refractivity contribution in [1.82, 2.24) is 0 Å². The lowest BCUT2D eigenvalue weighted by atomic mass is 10.2. The van der Waals surface area contributed by atoms with Gasteiger partial charge in [0.05, 0.1) is 10.6 Å². The van der Waals surface area contributed by atoms with Crippen LogP contribution in [0.4, 0.5) is 18.2 Å². The summed E-state index contributed by atoms with van der Waals surface area (Å²) in [5.74, 6) is 0. The molecule has 1 rings (SSSR count). The van der Waals surface area contributed by atoms with Crippen molar-refractivity contribution in [2.45, 2.75) is 13.1 Å². The molecule has 0 atom stereocenters. The van der Waals surface area contributed by atoms with Crippen LogP contribution in [0, 0.1) is 6.92 Å². The Labute approximate surface area is 65.6 Å². The third-order valence-corrected chi connectivity index (χ3v) is 2.12. The van der Waals surface area contributed by atoms with Gasteiger partial charge in [0.1, 0.15) is 0 Å². The number of hydrogen-bond acceptors (Lipinski definition) is 2. The van der Waals surface area contributed by atoms with E-state index in [1.807, 2.05) is 0 Å². The van der Waals surface area contributed by atoms with Gasteiger partial charge in [0.15, 0.2) is 0 Å². The predicted octanol–water partition coefficient (Wildman–Crippen LogP) is 2.66. The molecule has 1 nitrogen and oxygen atoms in total. The molecule has 1 heterocycles. The number of aryl methyl sites for hydroxylation is 1. The Kier molecular flexibility index (Phi) is 1.83. The average Bonchev–Trinajstić information content (AvgIpc) is 2.08. The van der Waals surface area contributed by atoms with Crippen molar-refractivity contribution >= 4 is 16.3 Å². The van der Waals surface area contributed by atoms with Gasteiger partial charge in [0.25, 0.3) is 0 Å². The van der Waals surface area contributed by atoms with E-state index in [9.17, 15) is 13.2 Å². The first kappa shape index (κ1) is 8.39. The van der Waals surface area contributed by atoms with Crippen LogP contribution in [0.15, 0.2) is 6.07 Å². The van der Waals surface area contributed by atoms with Gasteiger partial charge in [-0.05, 0) is 13.0 Å². The van der Waals surface area contributed by atoms with Gasteiger partial charge in [-0.15, -0.1) is 11.3 Å². The van der Waals surface area contributed by atoms with Crippen LogP contribution in [0.3, 0.4) is 0 Å². The van der Waals surface area contributed by atoms with Crippen LogP contribution >= 0.6 is 11.3 Å². The number of alkyl halides is 3. The molecule has 0 aromatic carbocycles. The first-order valence-corrected chi connectivity index (χ1v) is 3.66. The first-order chi connectivity index (χ1) is 4.91. The van der Waals surface area contributed by atoms with Gasteiger partial charge < -0.3 is 5.73 Å². The molecule has 11 heavy (non-hydrogen) atoms. The predicted molar refractivity (Wildman–Crippen MR) is 38.5 cm³/mol. The highest BCUT2D eigenvalue weighted by atomic mass is 32.1. The topological polar surface area (TPSA) is 26.0 Å². The lowest BCUT2D eigenvalue weighted by molar-refractivity contribution is -0.137. The molecule has 1 aromatic rings. The second kappa shape index (κ2) is 2.41. The molecule has 0 saturated heterocycles. The third kappa shape index (κ3) is 1.65. The number of rotatable bonds is 0.